The lowest BCUT2D eigenvalue weighted by Crippen LogP contribution is -2.44. The van der Waals surface area contributed by atoms with Crippen molar-refractivity contribution in [1.82, 2.24) is 4.90 Å². The molecule has 1 aliphatic heterocycles. The maximum absolute atomic E-state index is 6.00. The van der Waals surface area contributed by atoms with E-state index in [9.17, 15) is 0 Å². The highest BCUT2D eigenvalue weighted by Crippen LogP contribution is 2.26. The summed E-state index contributed by atoms with van der Waals surface area (Å²) in [5.74, 6) is 1.36. The summed E-state index contributed by atoms with van der Waals surface area (Å²) in [6.45, 7) is 6.56. The highest BCUT2D eigenvalue weighted by molar-refractivity contribution is 7.80. The van der Waals surface area contributed by atoms with Gasteiger partial charge in [-0.3, -0.25) is 0 Å². The number of hydrogen-bond donors (Lipinski definition) is 1. The normalized spacial score (nSPS) is 23.3. The molecule has 0 aromatic heterocycles. The van der Waals surface area contributed by atoms with Gasteiger partial charge in [0.2, 0.25) is 0 Å². The standard InChI is InChI=1S/C14H18Cl2N2S/c1-9-5-10(2)8-18(7-9)14(19)17-11-3-4-12(15)13(16)6-11/h3-4,6,9-10H,5,7-8H2,1-2H3,(H,17,19)/t9-,10-/m1/s1. The SMILES string of the molecule is C[C@@H]1C[C@@H](C)CN(C(=S)Nc2ccc(Cl)c(Cl)c2)C1. The van der Waals surface area contributed by atoms with Crippen molar-refractivity contribution in [3.63, 3.8) is 0 Å². The first-order valence-corrected chi connectivity index (χ1v) is 7.63. The lowest BCUT2D eigenvalue weighted by Gasteiger charge is -2.36. The van der Waals surface area contributed by atoms with Crippen molar-refractivity contribution in [3.8, 4) is 0 Å². The smallest absolute Gasteiger partial charge is 0.173 e. The largest absolute Gasteiger partial charge is 0.348 e. The van der Waals surface area contributed by atoms with Crippen molar-refractivity contribution in [3.05, 3.63) is 28.2 Å². The number of rotatable bonds is 1. The molecule has 19 heavy (non-hydrogen) atoms. The lowest BCUT2D eigenvalue weighted by molar-refractivity contribution is 0.216. The van der Waals surface area contributed by atoms with Crippen molar-refractivity contribution >= 4 is 46.2 Å². The lowest BCUT2D eigenvalue weighted by atomic mass is 9.92. The van der Waals surface area contributed by atoms with Gasteiger partial charge in [0.25, 0.3) is 0 Å². The molecule has 0 spiro atoms. The Morgan fingerprint density at radius 1 is 1.21 bits per heavy atom. The van der Waals surface area contributed by atoms with E-state index >= 15 is 0 Å². The molecule has 0 bridgehead atoms. The van der Waals surface area contributed by atoms with Crippen LogP contribution in [0.25, 0.3) is 0 Å². The third kappa shape index (κ3) is 3.98. The van der Waals surface area contributed by atoms with E-state index in [1.165, 1.54) is 6.42 Å². The van der Waals surface area contributed by atoms with Gasteiger partial charge in [-0.05, 0) is 48.7 Å². The zero-order valence-corrected chi connectivity index (χ0v) is 13.4. The molecule has 2 atom stereocenters. The quantitative estimate of drug-likeness (QED) is 0.758. The monoisotopic (exact) mass is 316 g/mol. The molecule has 1 aromatic rings. The van der Waals surface area contributed by atoms with Crippen LogP contribution in [0, 0.1) is 11.8 Å². The van der Waals surface area contributed by atoms with E-state index in [1.807, 2.05) is 6.07 Å². The van der Waals surface area contributed by atoms with Crippen LogP contribution in [0.1, 0.15) is 20.3 Å². The van der Waals surface area contributed by atoms with Crippen LogP contribution in [0.4, 0.5) is 5.69 Å². The molecule has 5 heteroatoms. The minimum absolute atomic E-state index is 0.537. The first-order chi connectivity index (χ1) is 8.95. The fraction of sp³-hybridized carbons (Fsp3) is 0.500. The molecule has 0 amide bonds. The van der Waals surface area contributed by atoms with Crippen LogP contribution < -0.4 is 5.32 Å². The molecule has 1 aromatic carbocycles. The van der Waals surface area contributed by atoms with Crippen LogP contribution in [0.15, 0.2) is 18.2 Å². The summed E-state index contributed by atoms with van der Waals surface area (Å²) >= 11 is 17.4. The van der Waals surface area contributed by atoms with E-state index in [2.05, 4.69) is 24.1 Å². The number of halogens is 2. The van der Waals surface area contributed by atoms with Gasteiger partial charge in [-0.15, -0.1) is 0 Å². The van der Waals surface area contributed by atoms with Crippen LogP contribution in [-0.4, -0.2) is 23.1 Å². The summed E-state index contributed by atoms with van der Waals surface area (Å²) in [6.07, 6.45) is 1.27. The first kappa shape index (κ1) is 14.9. The molecule has 0 unspecified atom stereocenters. The Labute approximate surface area is 130 Å². The zero-order chi connectivity index (χ0) is 14.0. The minimum Gasteiger partial charge on any atom is -0.348 e. The first-order valence-electron chi connectivity index (χ1n) is 6.46. The molecule has 0 saturated carbocycles. The Balaban J connectivity index is 2.02. The van der Waals surface area contributed by atoms with E-state index < -0.39 is 0 Å². The maximum Gasteiger partial charge on any atom is 0.173 e. The van der Waals surface area contributed by atoms with Crippen molar-refractivity contribution in [2.24, 2.45) is 11.8 Å². The number of benzene rings is 1. The third-order valence-electron chi connectivity index (χ3n) is 3.33. The van der Waals surface area contributed by atoms with Crippen molar-refractivity contribution < 1.29 is 0 Å². The Bertz CT molecular complexity index is 469. The molecule has 0 aliphatic carbocycles. The number of anilines is 1. The summed E-state index contributed by atoms with van der Waals surface area (Å²) in [7, 11) is 0. The van der Waals surface area contributed by atoms with E-state index in [4.69, 9.17) is 35.4 Å². The van der Waals surface area contributed by atoms with Crippen LogP contribution in [0.2, 0.25) is 10.0 Å². The number of likely N-dealkylation sites (tertiary alicyclic amines) is 1. The number of hydrogen-bond acceptors (Lipinski definition) is 1. The molecule has 1 saturated heterocycles. The maximum atomic E-state index is 6.00. The van der Waals surface area contributed by atoms with Crippen LogP contribution in [-0.2, 0) is 0 Å². The second-order valence-electron chi connectivity index (χ2n) is 5.41. The average molecular weight is 317 g/mol. The summed E-state index contributed by atoms with van der Waals surface area (Å²) in [6, 6.07) is 5.46. The molecular formula is C14H18Cl2N2S. The van der Waals surface area contributed by atoms with Gasteiger partial charge in [0, 0.05) is 18.8 Å². The van der Waals surface area contributed by atoms with Gasteiger partial charge in [0.15, 0.2) is 5.11 Å². The molecule has 1 N–H and O–H groups in total. The molecule has 1 heterocycles. The fourth-order valence-electron chi connectivity index (χ4n) is 2.61. The van der Waals surface area contributed by atoms with Gasteiger partial charge in [0.1, 0.15) is 0 Å². The van der Waals surface area contributed by atoms with Crippen LogP contribution in [0.5, 0.6) is 0 Å². The van der Waals surface area contributed by atoms with Gasteiger partial charge in [-0.2, -0.15) is 0 Å². The number of nitrogens with one attached hydrogen (secondary N) is 1. The second-order valence-corrected chi connectivity index (χ2v) is 6.61. The van der Waals surface area contributed by atoms with Crippen LogP contribution in [0.3, 0.4) is 0 Å². The van der Waals surface area contributed by atoms with Gasteiger partial charge in [-0.1, -0.05) is 37.0 Å². The Hall–Kier alpha value is -0.510. The minimum atomic E-state index is 0.537. The Morgan fingerprint density at radius 3 is 2.42 bits per heavy atom. The van der Waals surface area contributed by atoms with E-state index in [1.54, 1.807) is 12.1 Å². The molecule has 1 aliphatic rings. The van der Waals surface area contributed by atoms with E-state index in [-0.39, 0.29) is 0 Å². The summed E-state index contributed by atoms with van der Waals surface area (Å²) in [5, 5.41) is 5.09. The summed E-state index contributed by atoms with van der Waals surface area (Å²) < 4.78 is 0. The van der Waals surface area contributed by atoms with Crippen molar-refractivity contribution in [2.75, 3.05) is 18.4 Å². The number of thiocarbonyl (C=S) groups is 1. The molecule has 0 radical (unpaired) electrons. The second kappa shape index (κ2) is 6.29. The molecular weight excluding hydrogens is 299 g/mol. The van der Waals surface area contributed by atoms with Gasteiger partial charge < -0.3 is 10.2 Å². The number of piperidine rings is 1. The van der Waals surface area contributed by atoms with Gasteiger partial charge in [-0.25, -0.2) is 0 Å². The number of nitrogens with zero attached hydrogens (tertiary/aromatic N) is 1. The predicted octanol–water partition coefficient (Wildman–Crippen LogP) is 4.67. The molecule has 2 rings (SSSR count). The van der Waals surface area contributed by atoms with E-state index in [0.29, 0.717) is 21.9 Å². The summed E-state index contributed by atoms with van der Waals surface area (Å²) in [4.78, 5) is 2.23. The Kier molecular flexibility index (Phi) is 4.93. The van der Waals surface area contributed by atoms with Crippen molar-refractivity contribution in [1.29, 1.82) is 0 Å². The average Bonchev–Trinajstić information content (AvgIpc) is 2.32. The predicted molar refractivity (Wildman–Crippen MR) is 87.2 cm³/mol. The van der Waals surface area contributed by atoms with Gasteiger partial charge in [0.05, 0.1) is 10.0 Å². The zero-order valence-electron chi connectivity index (χ0n) is 11.1. The van der Waals surface area contributed by atoms with Gasteiger partial charge >= 0.3 is 0 Å². The third-order valence-corrected chi connectivity index (χ3v) is 4.43. The highest BCUT2D eigenvalue weighted by atomic mass is 35.5. The Morgan fingerprint density at radius 2 is 1.84 bits per heavy atom. The highest BCUT2D eigenvalue weighted by Gasteiger charge is 2.23. The van der Waals surface area contributed by atoms with Crippen molar-refractivity contribution in [2.45, 2.75) is 20.3 Å². The fourth-order valence-corrected chi connectivity index (χ4v) is 3.17. The topological polar surface area (TPSA) is 15.3 Å². The molecule has 1 fully saturated rings. The summed E-state index contributed by atoms with van der Waals surface area (Å²) in [5.41, 5.74) is 0.880. The molecule has 2 nitrogen and oxygen atoms in total. The van der Waals surface area contributed by atoms with E-state index in [0.717, 1.165) is 23.9 Å². The molecule has 104 valence electrons. The van der Waals surface area contributed by atoms with Crippen LogP contribution >= 0.6 is 35.4 Å².